The Morgan fingerprint density at radius 1 is 1.55 bits per heavy atom. The Bertz CT molecular complexity index is 592. The molecule has 1 amide bonds. The molecule has 3 heterocycles. The van der Waals surface area contributed by atoms with Crippen molar-refractivity contribution >= 4 is 18.2 Å². The van der Waals surface area contributed by atoms with Crippen LogP contribution in [0.3, 0.4) is 0 Å². The number of anilines is 1. The van der Waals surface area contributed by atoms with Crippen LogP contribution in [0.15, 0.2) is 6.20 Å². The van der Waals surface area contributed by atoms with E-state index < -0.39 is 11.9 Å². The highest BCUT2D eigenvalue weighted by Crippen LogP contribution is 2.37. The molecule has 1 saturated heterocycles. The second kappa shape index (κ2) is 4.43. The van der Waals surface area contributed by atoms with E-state index in [0.29, 0.717) is 37.2 Å². The van der Waals surface area contributed by atoms with Gasteiger partial charge in [-0.25, -0.2) is 14.2 Å². The van der Waals surface area contributed by atoms with E-state index in [1.807, 2.05) is 11.8 Å². The molecule has 1 fully saturated rings. The minimum absolute atomic E-state index is 0.0403. The summed E-state index contributed by atoms with van der Waals surface area (Å²) in [4.78, 5) is 29.6. The number of carbonyl (C=O) groups excluding carboxylic acids is 1. The Balaban J connectivity index is 2.01. The zero-order valence-electron chi connectivity index (χ0n) is 10.9. The third-order valence-corrected chi connectivity index (χ3v) is 4.01. The molecular weight excluding hydrogens is 265 g/mol. The van der Waals surface area contributed by atoms with Crippen molar-refractivity contribution in [2.24, 2.45) is 0 Å². The SMILES string of the molecule is C[C@@H]1CN(C(=O)O)C[C@H]2Cc3c(ncc(F)c3C=O)N21. The Hall–Kier alpha value is -2.18. The first kappa shape index (κ1) is 12.8. The van der Waals surface area contributed by atoms with Gasteiger partial charge in [-0.15, -0.1) is 0 Å². The van der Waals surface area contributed by atoms with Crippen molar-refractivity contribution in [3.63, 3.8) is 0 Å². The molecule has 6 nitrogen and oxygen atoms in total. The molecular formula is C13H14FN3O3. The number of rotatable bonds is 1. The third kappa shape index (κ3) is 1.73. The number of halogens is 1. The summed E-state index contributed by atoms with van der Waals surface area (Å²) >= 11 is 0. The molecule has 0 radical (unpaired) electrons. The highest BCUT2D eigenvalue weighted by Gasteiger charge is 2.41. The molecule has 0 aromatic carbocycles. The number of pyridine rings is 1. The molecule has 0 spiro atoms. The Labute approximate surface area is 114 Å². The molecule has 2 aliphatic heterocycles. The van der Waals surface area contributed by atoms with Crippen LogP contribution in [0.25, 0.3) is 0 Å². The minimum Gasteiger partial charge on any atom is -0.465 e. The fraction of sp³-hybridized carbons (Fsp3) is 0.462. The summed E-state index contributed by atoms with van der Waals surface area (Å²) < 4.78 is 13.6. The molecule has 0 bridgehead atoms. The number of hydrogen-bond acceptors (Lipinski definition) is 4. The first-order chi connectivity index (χ1) is 9.52. The molecule has 0 unspecified atom stereocenters. The van der Waals surface area contributed by atoms with Crippen molar-refractivity contribution in [3.8, 4) is 0 Å². The molecule has 2 atom stereocenters. The van der Waals surface area contributed by atoms with Crippen molar-refractivity contribution in [1.82, 2.24) is 9.88 Å². The van der Waals surface area contributed by atoms with Crippen LogP contribution in [-0.4, -0.2) is 52.5 Å². The van der Waals surface area contributed by atoms with E-state index in [-0.39, 0.29) is 17.6 Å². The smallest absolute Gasteiger partial charge is 0.407 e. The molecule has 1 aromatic rings. The standard InChI is InChI=1S/C13H14FN3O3/c1-7-4-16(13(19)20)5-8-2-9-10(6-18)11(14)3-15-12(9)17(7)8/h3,6-8H,2,4-5H2,1H3,(H,19,20)/t7-,8-/m1/s1. The molecule has 1 N–H and O–H groups in total. The number of hydrogen-bond donors (Lipinski definition) is 1. The van der Waals surface area contributed by atoms with Crippen molar-refractivity contribution in [2.75, 3.05) is 18.0 Å². The maximum absolute atomic E-state index is 13.6. The van der Waals surface area contributed by atoms with Gasteiger partial charge in [-0.3, -0.25) is 4.79 Å². The third-order valence-electron chi connectivity index (χ3n) is 4.01. The molecule has 7 heteroatoms. The summed E-state index contributed by atoms with van der Waals surface area (Å²) in [6.45, 7) is 2.62. The largest absolute Gasteiger partial charge is 0.465 e. The fourth-order valence-electron chi connectivity index (χ4n) is 3.20. The lowest BCUT2D eigenvalue weighted by Crippen LogP contribution is -2.57. The van der Waals surface area contributed by atoms with Crippen LogP contribution in [0.1, 0.15) is 22.8 Å². The summed E-state index contributed by atoms with van der Waals surface area (Å²) in [6, 6.07) is -0.138. The van der Waals surface area contributed by atoms with E-state index in [1.165, 1.54) is 4.90 Å². The Morgan fingerprint density at radius 3 is 2.95 bits per heavy atom. The lowest BCUT2D eigenvalue weighted by Gasteiger charge is -2.42. The second-order valence-corrected chi connectivity index (χ2v) is 5.24. The summed E-state index contributed by atoms with van der Waals surface area (Å²) in [5.74, 6) is -0.0163. The second-order valence-electron chi connectivity index (χ2n) is 5.24. The monoisotopic (exact) mass is 279 g/mol. The highest BCUT2D eigenvalue weighted by molar-refractivity contribution is 5.82. The van der Waals surface area contributed by atoms with Gasteiger partial charge in [-0.2, -0.15) is 0 Å². The number of piperazine rings is 1. The molecule has 3 rings (SSSR count). The van der Waals surface area contributed by atoms with Gasteiger partial charge in [0.2, 0.25) is 0 Å². The van der Waals surface area contributed by atoms with Gasteiger partial charge in [0.05, 0.1) is 17.8 Å². The van der Waals surface area contributed by atoms with Crippen LogP contribution in [0.2, 0.25) is 0 Å². The fourth-order valence-corrected chi connectivity index (χ4v) is 3.20. The van der Waals surface area contributed by atoms with E-state index in [1.54, 1.807) is 0 Å². The van der Waals surface area contributed by atoms with E-state index in [0.717, 1.165) is 6.20 Å². The topological polar surface area (TPSA) is 73.7 Å². The predicted octanol–water partition coefficient (Wildman–Crippen LogP) is 1.15. The number of aldehydes is 1. The van der Waals surface area contributed by atoms with Gasteiger partial charge in [0.1, 0.15) is 5.82 Å². The lowest BCUT2D eigenvalue weighted by atomic mass is 10.0. The van der Waals surface area contributed by atoms with Gasteiger partial charge >= 0.3 is 6.09 Å². The van der Waals surface area contributed by atoms with Gasteiger partial charge in [0.25, 0.3) is 0 Å². The maximum Gasteiger partial charge on any atom is 0.407 e. The molecule has 0 aliphatic carbocycles. The number of aromatic nitrogens is 1. The van der Waals surface area contributed by atoms with Gasteiger partial charge < -0.3 is 14.9 Å². The lowest BCUT2D eigenvalue weighted by molar-refractivity contribution is 0.111. The first-order valence-corrected chi connectivity index (χ1v) is 6.41. The number of nitrogens with zero attached hydrogens (tertiary/aromatic N) is 3. The van der Waals surface area contributed by atoms with Crippen LogP contribution in [0.4, 0.5) is 15.0 Å². The normalized spacial score (nSPS) is 24.3. The zero-order chi connectivity index (χ0) is 14.4. The van der Waals surface area contributed by atoms with Crippen molar-refractivity contribution in [2.45, 2.75) is 25.4 Å². The first-order valence-electron chi connectivity index (χ1n) is 6.41. The van der Waals surface area contributed by atoms with Crippen LogP contribution in [0, 0.1) is 5.82 Å². The minimum atomic E-state index is -0.956. The summed E-state index contributed by atoms with van der Waals surface area (Å²) in [5, 5.41) is 9.11. The van der Waals surface area contributed by atoms with Gasteiger partial charge in [0.15, 0.2) is 12.1 Å². The summed E-state index contributed by atoms with van der Waals surface area (Å²) in [5.41, 5.74) is 0.627. The van der Waals surface area contributed by atoms with Crippen LogP contribution in [-0.2, 0) is 6.42 Å². The molecule has 106 valence electrons. The molecule has 20 heavy (non-hydrogen) atoms. The average molecular weight is 279 g/mol. The van der Waals surface area contributed by atoms with Crippen molar-refractivity contribution in [3.05, 3.63) is 23.1 Å². The quantitative estimate of drug-likeness (QED) is 0.780. The Kier molecular flexibility index (Phi) is 2.84. The number of carboxylic acid groups (broad SMARTS) is 1. The zero-order valence-corrected chi connectivity index (χ0v) is 10.9. The summed E-state index contributed by atoms with van der Waals surface area (Å²) in [6.07, 6.45) is 1.06. The van der Waals surface area contributed by atoms with Crippen molar-refractivity contribution in [1.29, 1.82) is 0 Å². The van der Waals surface area contributed by atoms with E-state index in [9.17, 15) is 14.0 Å². The van der Waals surface area contributed by atoms with Crippen LogP contribution in [0.5, 0.6) is 0 Å². The number of fused-ring (bicyclic) bond motifs is 3. The molecule has 0 saturated carbocycles. The number of amides is 1. The Morgan fingerprint density at radius 2 is 2.30 bits per heavy atom. The van der Waals surface area contributed by atoms with E-state index in [2.05, 4.69) is 4.98 Å². The number of carbonyl (C=O) groups is 2. The molecule has 1 aromatic heterocycles. The predicted molar refractivity (Wildman–Crippen MR) is 68.6 cm³/mol. The average Bonchev–Trinajstić information content (AvgIpc) is 2.77. The van der Waals surface area contributed by atoms with Crippen LogP contribution < -0.4 is 4.90 Å². The van der Waals surface area contributed by atoms with Crippen LogP contribution >= 0.6 is 0 Å². The van der Waals surface area contributed by atoms with Gasteiger partial charge in [-0.1, -0.05) is 0 Å². The van der Waals surface area contributed by atoms with E-state index >= 15 is 0 Å². The molecule has 2 aliphatic rings. The van der Waals surface area contributed by atoms with E-state index in [4.69, 9.17) is 5.11 Å². The maximum atomic E-state index is 13.6. The van der Waals surface area contributed by atoms with Crippen molar-refractivity contribution < 1.29 is 19.1 Å². The highest BCUT2D eigenvalue weighted by atomic mass is 19.1. The summed E-state index contributed by atoms with van der Waals surface area (Å²) in [7, 11) is 0. The van der Waals surface area contributed by atoms with Gasteiger partial charge in [0, 0.05) is 24.7 Å². The van der Waals surface area contributed by atoms with Gasteiger partial charge in [-0.05, 0) is 13.3 Å².